The molecule has 6 heteroatoms. The summed E-state index contributed by atoms with van der Waals surface area (Å²) in [5.74, 6) is -2.79. The van der Waals surface area contributed by atoms with E-state index in [9.17, 15) is 13.2 Å². The Hall–Kier alpha value is -2.21. The van der Waals surface area contributed by atoms with Gasteiger partial charge in [-0.1, -0.05) is 6.07 Å². The zero-order chi connectivity index (χ0) is 15.0. The van der Waals surface area contributed by atoms with Gasteiger partial charge in [0.1, 0.15) is 17.5 Å². The van der Waals surface area contributed by atoms with Gasteiger partial charge in [-0.25, -0.2) is 13.2 Å². The van der Waals surface area contributed by atoms with Gasteiger partial charge in [-0.15, -0.1) is 11.3 Å². The molecule has 0 saturated carbocycles. The smallest absolute Gasteiger partial charge is 0.136 e. The molecule has 1 aromatic carbocycles. The minimum atomic E-state index is -0.936. The minimum Gasteiger partial charge on any atom is -0.308 e. The van der Waals surface area contributed by atoms with Crippen molar-refractivity contribution in [2.24, 2.45) is 0 Å². The standard InChI is InChI=1S/C15H11F3N2S/c1-8-14(13-3-2-4-21-13)10(7-19-20-8)15-11(17)5-9(16)6-12(15)18/h2-7,19-20H,1H3. The van der Waals surface area contributed by atoms with E-state index in [1.165, 1.54) is 17.5 Å². The van der Waals surface area contributed by atoms with Gasteiger partial charge in [0, 0.05) is 40.1 Å². The van der Waals surface area contributed by atoms with Crippen molar-refractivity contribution in [2.45, 2.75) is 6.92 Å². The topological polar surface area (TPSA) is 24.1 Å². The van der Waals surface area contributed by atoms with Crippen LogP contribution in [0.2, 0.25) is 0 Å². The fourth-order valence-electron chi connectivity index (χ4n) is 2.29. The first kappa shape index (κ1) is 13.8. The number of hydrogen-bond acceptors (Lipinski definition) is 3. The van der Waals surface area contributed by atoms with Crippen LogP contribution in [0.3, 0.4) is 0 Å². The second-order valence-corrected chi connectivity index (χ2v) is 5.50. The highest BCUT2D eigenvalue weighted by Gasteiger charge is 2.24. The Morgan fingerprint density at radius 3 is 2.43 bits per heavy atom. The molecule has 0 fully saturated rings. The summed E-state index contributed by atoms with van der Waals surface area (Å²) in [4.78, 5) is 0.871. The fraction of sp³-hybridized carbons (Fsp3) is 0.0667. The fourth-order valence-corrected chi connectivity index (χ4v) is 3.13. The quantitative estimate of drug-likeness (QED) is 0.875. The van der Waals surface area contributed by atoms with Crippen LogP contribution in [0, 0.1) is 17.5 Å². The van der Waals surface area contributed by atoms with Crippen molar-refractivity contribution >= 4 is 22.5 Å². The molecule has 1 aliphatic heterocycles. The van der Waals surface area contributed by atoms with Crippen LogP contribution in [0.15, 0.2) is 41.5 Å². The van der Waals surface area contributed by atoms with Crippen LogP contribution >= 0.6 is 11.3 Å². The number of halogens is 3. The van der Waals surface area contributed by atoms with Gasteiger partial charge in [-0.2, -0.15) is 0 Å². The van der Waals surface area contributed by atoms with E-state index in [1.807, 2.05) is 17.5 Å². The number of nitrogens with one attached hydrogen (secondary N) is 2. The molecule has 0 amide bonds. The minimum absolute atomic E-state index is 0.242. The summed E-state index contributed by atoms with van der Waals surface area (Å²) in [6.07, 6.45) is 1.47. The first-order valence-corrected chi connectivity index (χ1v) is 7.07. The lowest BCUT2D eigenvalue weighted by atomic mass is 9.94. The maximum absolute atomic E-state index is 14.0. The summed E-state index contributed by atoms with van der Waals surface area (Å²) in [5.41, 5.74) is 7.19. The molecule has 2 heterocycles. The SMILES string of the molecule is CC1=C(c2cccs2)C(c2c(F)cc(F)cc2F)=CNN1. The number of rotatable bonds is 2. The van der Waals surface area contributed by atoms with Crippen LogP contribution in [0.1, 0.15) is 17.4 Å². The molecule has 108 valence electrons. The molecule has 1 aromatic heterocycles. The molecule has 0 unspecified atom stereocenters. The van der Waals surface area contributed by atoms with E-state index in [0.717, 1.165) is 10.6 Å². The average molecular weight is 308 g/mol. The zero-order valence-corrected chi connectivity index (χ0v) is 11.8. The average Bonchev–Trinajstić information content (AvgIpc) is 2.91. The molecule has 1 aliphatic rings. The Balaban J connectivity index is 2.20. The summed E-state index contributed by atoms with van der Waals surface area (Å²) >= 11 is 1.46. The number of thiophene rings is 1. The van der Waals surface area contributed by atoms with Crippen molar-refractivity contribution in [3.8, 4) is 0 Å². The number of allylic oxidation sites excluding steroid dienone is 3. The van der Waals surface area contributed by atoms with Crippen molar-refractivity contribution in [1.29, 1.82) is 0 Å². The second kappa shape index (κ2) is 5.29. The van der Waals surface area contributed by atoms with Crippen molar-refractivity contribution < 1.29 is 13.2 Å². The molecule has 0 aliphatic carbocycles. The monoisotopic (exact) mass is 308 g/mol. The molecule has 2 nitrogen and oxygen atoms in total. The van der Waals surface area contributed by atoms with Crippen molar-refractivity contribution in [2.75, 3.05) is 0 Å². The largest absolute Gasteiger partial charge is 0.308 e. The van der Waals surface area contributed by atoms with Crippen LogP contribution in [0.4, 0.5) is 13.2 Å². The maximum atomic E-state index is 14.0. The lowest BCUT2D eigenvalue weighted by molar-refractivity contribution is 0.539. The van der Waals surface area contributed by atoms with Crippen LogP contribution in [0.5, 0.6) is 0 Å². The summed E-state index contributed by atoms with van der Waals surface area (Å²) in [6, 6.07) is 5.09. The van der Waals surface area contributed by atoms with Gasteiger partial charge in [0.25, 0.3) is 0 Å². The van der Waals surface area contributed by atoms with Crippen molar-refractivity contribution in [1.82, 2.24) is 10.9 Å². The molecular weight excluding hydrogens is 297 g/mol. The molecule has 0 saturated heterocycles. The van der Waals surface area contributed by atoms with Gasteiger partial charge in [-0.05, 0) is 18.4 Å². The Kier molecular flexibility index (Phi) is 3.47. The highest BCUT2D eigenvalue weighted by molar-refractivity contribution is 7.11. The highest BCUT2D eigenvalue weighted by atomic mass is 32.1. The molecule has 0 spiro atoms. The molecule has 3 rings (SSSR count). The Morgan fingerprint density at radius 2 is 1.81 bits per heavy atom. The third-order valence-electron chi connectivity index (χ3n) is 3.16. The molecule has 0 atom stereocenters. The third kappa shape index (κ3) is 2.42. The van der Waals surface area contributed by atoms with Gasteiger partial charge in [0.15, 0.2) is 0 Å². The predicted octanol–water partition coefficient (Wildman–Crippen LogP) is 4.05. The van der Waals surface area contributed by atoms with Crippen LogP contribution in [0.25, 0.3) is 11.1 Å². The Bertz CT molecular complexity index is 725. The van der Waals surface area contributed by atoms with E-state index < -0.39 is 17.5 Å². The zero-order valence-electron chi connectivity index (χ0n) is 11.0. The first-order chi connectivity index (χ1) is 10.1. The summed E-state index contributed by atoms with van der Waals surface area (Å²) in [7, 11) is 0. The summed E-state index contributed by atoms with van der Waals surface area (Å²) < 4.78 is 41.2. The number of benzene rings is 1. The molecule has 0 radical (unpaired) electrons. The van der Waals surface area contributed by atoms with E-state index >= 15 is 0 Å². The van der Waals surface area contributed by atoms with E-state index in [1.54, 1.807) is 6.92 Å². The van der Waals surface area contributed by atoms with Crippen LogP contribution in [-0.4, -0.2) is 0 Å². The van der Waals surface area contributed by atoms with E-state index in [-0.39, 0.29) is 5.56 Å². The first-order valence-electron chi connectivity index (χ1n) is 6.19. The normalized spacial score (nSPS) is 14.6. The lowest BCUT2D eigenvalue weighted by Crippen LogP contribution is -2.29. The van der Waals surface area contributed by atoms with Gasteiger partial charge in [-0.3, -0.25) is 0 Å². The Morgan fingerprint density at radius 1 is 1.10 bits per heavy atom. The van der Waals surface area contributed by atoms with E-state index in [2.05, 4.69) is 10.9 Å². The van der Waals surface area contributed by atoms with Gasteiger partial charge < -0.3 is 10.9 Å². The predicted molar refractivity (Wildman–Crippen MR) is 77.5 cm³/mol. The number of hydrogen-bond donors (Lipinski definition) is 2. The third-order valence-corrected chi connectivity index (χ3v) is 4.05. The van der Waals surface area contributed by atoms with Gasteiger partial charge in [0.05, 0.1) is 5.56 Å². The highest BCUT2D eigenvalue weighted by Crippen LogP contribution is 2.38. The van der Waals surface area contributed by atoms with Gasteiger partial charge >= 0.3 is 0 Å². The van der Waals surface area contributed by atoms with Crippen molar-refractivity contribution in [3.63, 3.8) is 0 Å². The molecule has 2 N–H and O–H groups in total. The second-order valence-electron chi connectivity index (χ2n) is 4.55. The van der Waals surface area contributed by atoms with Gasteiger partial charge in [0.2, 0.25) is 0 Å². The van der Waals surface area contributed by atoms with E-state index in [0.29, 0.717) is 23.3 Å². The van der Waals surface area contributed by atoms with Crippen molar-refractivity contribution in [3.05, 3.63) is 69.4 Å². The van der Waals surface area contributed by atoms with E-state index in [4.69, 9.17) is 0 Å². The molecule has 2 aromatic rings. The Labute approximate surface area is 123 Å². The van der Waals surface area contributed by atoms with Crippen LogP contribution in [-0.2, 0) is 0 Å². The molecule has 0 bridgehead atoms. The number of hydrazine groups is 1. The molecular formula is C15H11F3N2S. The van der Waals surface area contributed by atoms with Crippen LogP contribution < -0.4 is 10.9 Å². The lowest BCUT2D eigenvalue weighted by Gasteiger charge is -2.22. The molecule has 21 heavy (non-hydrogen) atoms. The maximum Gasteiger partial charge on any atom is 0.136 e. The summed E-state index contributed by atoms with van der Waals surface area (Å²) in [5, 5.41) is 1.88. The summed E-state index contributed by atoms with van der Waals surface area (Å²) in [6.45, 7) is 1.80.